The van der Waals surface area contributed by atoms with E-state index in [-0.39, 0.29) is 11.9 Å². The number of likely N-dealkylation sites (tertiary alicyclic amines) is 1. The Morgan fingerprint density at radius 2 is 2.04 bits per heavy atom. The van der Waals surface area contributed by atoms with Crippen LogP contribution in [0.25, 0.3) is 10.4 Å². The van der Waals surface area contributed by atoms with Crippen molar-refractivity contribution in [1.82, 2.24) is 9.88 Å². The summed E-state index contributed by atoms with van der Waals surface area (Å²) in [5.74, 6) is -0.308. The molecule has 0 radical (unpaired) electrons. The number of piperidine rings is 1. The highest BCUT2D eigenvalue weighted by Crippen LogP contribution is 2.49. The van der Waals surface area contributed by atoms with Crippen LogP contribution in [0.1, 0.15) is 28.3 Å². The van der Waals surface area contributed by atoms with Crippen molar-refractivity contribution in [1.29, 1.82) is 0 Å². The zero-order chi connectivity index (χ0) is 17.9. The van der Waals surface area contributed by atoms with Gasteiger partial charge in [0.15, 0.2) is 0 Å². The molecule has 5 nitrogen and oxygen atoms in total. The Morgan fingerprint density at radius 3 is 2.72 bits per heavy atom. The van der Waals surface area contributed by atoms with E-state index in [0.717, 1.165) is 21.9 Å². The molecule has 1 aliphatic carbocycles. The van der Waals surface area contributed by atoms with Gasteiger partial charge in [0.05, 0.1) is 19.9 Å². The number of amides is 2. The molecule has 1 aliphatic heterocycles. The van der Waals surface area contributed by atoms with Crippen molar-refractivity contribution in [2.75, 3.05) is 0 Å². The van der Waals surface area contributed by atoms with Crippen LogP contribution in [-0.2, 0) is 4.79 Å². The summed E-state index contributed by atoms with van der Waals surface area (Å²) in [4.78, 5) is 31.7. The number of thiazole rings is 1. The summed E-state index contributed by atoms with van der Waals surface area (Å²) in [6, 6.07) is 4.80. The van der Waals surface area contributed by atoms with Crippen LogP contribution in [0.5, 0.6) is 0 Å². The first-order valence-electron chi connectivity index (χ1n) is 7.91. The standard InChI is InChI=1S/C17H15Cl2N3O2S/c1-7-21-14(15(25-7)8-2-3-10(18)11(19)4-8)17(24)22-12-5-9(12)6-13(22)16(20)23/h2-4,9,12-13H,5-6H2,1H3,(H2,20,23)/t9-,12+,13+/m1/s1. The maximum Gasteiger partial charge on any atom is 0.274 e. The highest BCUT2D eigenvalue weighted by atomic mass is 35.5. The van der Waals surface area contributed by atoms with Gasteiger partial charge in [-0.1, -0.05) is 29.3 Å². The second-order valence-corrected chi connectivity index (χ2v) is 8.49. The summed E-state index contributed by atoms with van der Waals surface area (Å²) in [6.07, 6.45) is 1.58. The first-order valence-corrected chi connectivity index (χ1v) is 9.49. The Balaban J connectivity index is 1.74. The summed E-state index contributed by atoms with van der Waals surface area (Å²) in [5, 5.41) is 1.64. The molecule has 4 rings (SSSR count). The zero-order valence-electron chi connectivity index (χ0n) is 13.3. The number of nitrogens with two attached hydrogens (primary N) is 1. The molecule has 0 spiro atoms. The van der Waals surface area contributed by atoms with Gasteiger partial charge in [0.25, 0.3) is 5.91 Å². The van der Waals surface area contributed by atoms with Gasteiger partial charge >= 0.3 is 0 Å². The van der Waals surface area contributed by atoms with Crippen LogP contribution in [0.2, 0.25) is 10.0 Å². The molecule has 1 saturated heterocycles. The van der Waals surface area contributed by atoms with E-state index in [4.69, 9.17) is 28.9 Å². The minimum absolute atomic E-state index is 0.105. The minimum atomic E-state index is -0.542. The lowest BCUT2D eigenvalue weighted by atomic mass is 10.1. The van der Waals surface area contributed by atoms with E-state index in [2.05, 4.69) is 4.98 Å². The number of fused-ring (bicyclic) bond motifs is 1. The third kappa shape index (κ3) is 2.82. The van der Waals surface area contributed by atoms with E-state index >= 15 is 0 Å². The number of nitrogens with zero attached hydrogens (tertiary/aromatic N) is 2. The number of aryl methyl sites for hydroxylation is 1. The Hall–Kier alpha value is -1.63. The number of hydrogen-bond donors (Lipinski definition) is 1. The van der Waals surface area contributed by atoms with Crippen molar-refractivity contribution < 1.29 is 9.59 Å². The van der Waals surface area contributed by atoms with Crippen LogP contribution < -0.4 is 5.73 Å². The van der Waals surface area contributed by atoms with Gasteiger partial charge in [-0.2, -0.15) is 0 Å². The zero-order valence-corrected chi connectivity index (χ0v) is 15.7. The topological polar surface area (TPSA) is 76.3 Å². The maximum absolute atomic E-state index is 13.2. The summed E-state index contributed by atoms with van der Waals surface area (Å²) in [6.45, 7) is 1.85. The third-order valence-electron chi connectivity index (χ3n) is 4.79. The van der Waals surface area contributed by atoms with Crippen LogP contribution in [0.15, 0.2) is 18.2 Å². The predicted molar refractivity (Wildman–Crippen MR) is 98.0 cm³/mol. The normalized spacial score (nSPS) is 24.3. The molecular weight excluding hydrogens is 381 g/mol. The van der Waals surface area contributed by atoms with Crippen molar-refractivity contribution in [3.8, 4) is 10.4 Å². The van der Waals surface area contributed by atoms with Crippen molar-refractivity contribution in [3.05, 3.63) is 38.9 Å². The molecule has 1 saturated carbocycles. The highest BCUT2D eigenvalue weighted by Gasteiger charge is 2.56. The molecular formula is C17H15Cl2N3O2S. The van der Waals surface area contributed by atoms with E-state index < -0.39 is 11.9 Å². The molecule has 8 heteroatoms. The molecule has 2 heterocycles. The lowest BCUT2D eigenvalue weighted by molar-refractivity contribution is -0.122. The van der Waals surface area contributed by atoms with Crippen LogP contribution in [0.4, 0.5) is 0 Å². The maximum atomic E-state index is 13.2. The molecule has 1 aromatic heterocycles. The van der Waals surface area contributed by atoms with E-state index in [1.807, 2.05) is 13.0 Å². The highest BCUT2D eigenvalue weighted by molar-refractivity contribution is 7.15. The van der Waals surface area contributed by atoms with Gasteiger partial charge in [-0.3, -0.25) is 9.59 Å². The van der Waals surface area contributed by atoms with Gasteiger partial charge in [0, 0.05) is 6.04 Å². The van der Waals surface area contributed by atoms with Gasteiger partial charge in [-0.25, -0.2) is 4.98 Å². The lowest BCUT2D eigenvalue weighted by Gasteiger charge is -2.24. The van der Waals surface area contributed by atoms with Gasteiger partial charge in [0.1, 0.15) is 11.7 Å². The van der Waals surface area contributed by atoms with Crippen molar-refractivity contribution >= 4 is 46.4 Å². The van der Waals surface area contributed by atoms with Crippen molar-refractivity contribution in [3.63, 3.8) is 0 Å². The monoisotopic (exact) mass is 395 g/mol. The number of primary amides is 1. The SMILES string of the molecule is Cc1nc(C(=O)N2[C@H](C(N)=O)C[C@H]3C[C@@H]32)c(-c2ccc(Cl)c(Cl)c2)s1. The first kappa shape index (κ1) is 16.8. The van der Waals surface area contributed by atoms with E-state index in [0.29, 0.717) is 28.1 Å². The Kier molecular flexibility index (Phi) is 4.02. The lowest BCUT2D eigenvalue weighted by Crippen LogP contribution is -2.46. The Labute approximate surface area is 158 Å². The van der Waals surface area contributed by atoms with E-state index in [1.165, 1.54) is 11.3 Å². The average molecular weight is 396 g/mol. The number of rotatable bonds is 3. The second kappa shape index (κ2) is 5.97. The number of hydrogen-bond acceptors (Lipinski definition) is 4. The van der Waals surface area contributed by atoms with Gasteiger partial charge in [-0.15, -0.1) is 11.3 Å². The Morgan fingerprint density at radius 1 is 1.28 bits per heavy atom. The molecule has 2 aliphatic rings. The number of benzene rings is 1. The molecule has 25 heavy (non-hydrogen) atoms. The number of halogens is 2. The van der Waals surface area contributed by atoms with E-state index in [1.54, 1.807) is 17.0 Å². The molecule has 2 amide bonds. The van der Waals surface area contributed by atoms with Crippen LogP contribution in [0.3, 0.4) is 0 Å². The number of carbonyl (C=O) groups is 2. The summed E-state index contributed by atoms with van der Waals surface area (Å²) in [5.41, 5.74) is 6.62. The molecule has 1 aromatic carbocycles. The minimum Gasteiger partial charge on any atom is -0.368 e. The van der Waals surface area contributed by atoms with Gasteiger partial charge in [-0.05, 0) is 43.4 Å². The van der Waals surface area contributed by atoms with Crippen LogP contribution in [0, 0.1) is 12.8 Å². The smallest absolute Gasteiger partial charge is 0.274 e. The molecule has 0 bridgehead atoms. The molecule has 2 aromatic rings. The average Bonchev–Trinajstić information content (AvgIpc) is 3.05. The molecule has 130 valence electrons. The van der Waals surface area contributed by atoms with Gasteiger partial charge < -0.3 is 10.6 Å². The van der Waals surface area contributed by atoms with E-state index in [9.17, 15) is 9.59 Å². The number of carbonyl (C=O) groups excluding carboxylic acids is 2. The van der Waals surface area contributed by atoms with Gasteiger partial charge in [0.2, 0.25) is 5.91 Å². The number of aromatic nitrogens is 1. The first-order chi connectivity index (χ1) is 11.9. The van der Waals surface area contributed by atoms with Crippen LogP contribution >= 0.6 is 34.5 Å². The van der Waals surface area contributed by atoms with Crippen molar-refractivity contribution in [2.45, 2.75) is 31.8 Å². The largest absolute Gasteiger partial charge is 0.368 e. The molecule has 3 atom stereocenters. The summed E-state index contributed by atoms with van der Waals surface area (Å²) < 4.78 is 0. The summed E-state index contributed by atoms with van der Waals surface area (Å²) in [7, 11) is 0. The second-order valence-electron chi connectivity index (χ2n) is 6.47. The fraction of sp³-hybridized carbons (Fsp3) is 0.353. The molecule has 2 N–H and O–H groups in total. The fourth-order valence-electron chi connectivity index (χ4n) is 3.53. The Bertz CT molecular complexity index is 898. The molecule has 2 fully saturated rings. The molecule has 0 unspecified atom stereocenters. The summed E-state index contributed by atoms with van der Waals surface area (Å²) >= 11 is 13.5. The van der Waals surface area contributed by atoms with Crippen molar-refractivity contribution in [2.24, 2.45) is 11.7 Å². The fourth-order valence-corrected chi connectivity index (χ4v) is 4.73. The predicted octanol–water partition coefficient (Wildman–Crippen LogP) is 3.51. The third-order valence-corrected chi connectivity index (χ3v) is 6.54. The van der Waals surface area contributed by atoms with Crippen LogP contribution in [-0.4, -0.2) is 33.8 Å². The quantitative estimate of drug-likeness (QED) is 0.863.